The second-order valence-electron chi connectivity index (χ2n) is 4.93. The van der Waals surface area contributed by atoms with E-state index in [0.717, 1.165) is 19.3 Å². The number of hydrogen-bond acceptors (Lipinski definition) is 3. The van der Waals surface area contributed by atoms with Gasteiger partial charge in [-0.25, -0.2) is 4.79 Å². The van der Waals surface area contributed by atoms with Crippen LogP contribution < -0.4 is 5.32 Å². The van der Waals surface area contributed by atoms with E-state index in [1.165, 1.54) is 17.7 Å². The SMILES string of the molecule is O=C(O)c1ccccc1C(=O)NCCCCc1cccnc1. The van der Waals surface area contributed by atoms with E-state index in [1.807, 2.05) is 18.3 Å². The zero-order valence-electron chi connectivity index (χ0n) is 12.2. The summed E-state index contributed by atoms with van der Waals surface area (Å²) >= 11 is 0. The number of aromatic carboxylic acids is 1. The number of nitrogens with zero attached hydrogens (tertiary/aromatic N) is 1. The van der Waals surface area contributed by atoms with Crippen molar-refractivity contribution in [2.45, 2.75) is 19.3 Å². The third kappa shape index (κ3) is 4.41. The summed E-state index contributed by atoms with van der Waals surface area (Å²) < 4.78 is 0. The van der Waals surface area contributed by atoms with Crippen LogP contribution in [0.3, 0.4) is 0 Å². The summed E-state index contributed by atoms with van der Waals surface area (Å²) in [7, 11) is 0. The van der Waals surface area contributed by atoms with E-state index in [1.54, 1.807) is 18.3 Å². The van der Waals surface area contributed by atoms with Crippen molar-refractivity contribution in [1.82, 2.24) is 10.3 Å². The lowest BCUT2D eigenvalue weighted by Crippen LogP contribution is -2.26. The zero-order valence-corrected chi connectivity index (χ0v) is 12.2. The van der Waals surface area contributed by atoms with Crippen LogP contribution in [0.5, 0.6) is 0 Å². The second-order valence-corrected chi connectivity index (χ2v) is 4.93. The lowest BCUT2D eigenvalue weighted by atomic mass is 10.1. The molecule has 1 heterocycles. The van der Waals surface area contributed by atoms with E-state index >= 15 is 0 Å². The molecule has 2 N–H and O–H groups in total. The summed E-state index contributed by atoms with van der Waals surface area (Å²) in [6.07, 6.45) is 6.25. The van der Waals surface area contributed by atoms with Crippen molar-refractivity contribution in [1.29, 1.82) is 0 Å². The van der Waals surface area contributed by atoms with Crippen LogP contribution in [0.2, 0.25) is 0 Å². The molecule has 22 heavy (non-hydrogen) atoms. The molecule has 5 heteroatoms. The number of hydrogen-bond donors (Lipinski definition) is 2. The number of benzene rings is 1. The quantitative estimate of drug-likeness (QED) is 0.770. The molecule has 0 unspecified atom stereocenters. The van der Waals surface area contributed by atoms with Gasteiger partial charge in [0.1, 0.15) is 0 Å². The maximum atomic E-state index is 12.0. The van der Waals surface area contributed by atoms with Gasteiger partial charge in [0, 0.05) is 18.9 Å². The van der Waals surface area contributed by atoms with Gasteiger partial charge < -0.3 is 10.4 Å². The van der Waals surface area contributed by atoms with Gasteiger partial charge in [-0.1, -0.05) is 18.2 Å². The summed E-state index contributed by atoms with van der Waals surface area (Å²) in [6.45, 7) is 0.521. The molecule has 0 aliphatic carbocycles. The summed E-state index contributed by atoms with van der Waals surface area (Å²) in [4.78, 5) is 27.1. The second kappa shape index (κ2) is 7.93. The molecule has 114 valence electrons. The highest BCUT2D eigenvalue weighted by Crippen LogP contribution is 2.09. The molecule has 1 aromatic carbocycles. The average Bonchev–Trinajstić information content (AvgIpc) is 2.55. The predicted molar refractivity (Wildman–Crippen MR) is 82.9 cm³/mol. The number of carboxylic acid groups (broad SMARTS) is 1. The van der Waals surface area contributed by atoms with Crippen LogP contribution in [0.25, 0.3) is 0 Å². The first-order valence-electron chi connectivity index (χ1n) is 7.18. The lowest BCUT2D eigenvalue weighted by molar-refractivity contribution is 0.0691. The molecule has 5 nitrogen and oxygen atoms in total. The Bertz CT molecular complexity index is 641. The molecule has 0 bridgehead atoms. The molecule has 0 atom stereocenters. The molecule has 2 rings (SSSR count). The number of amides is 1. The number of aromatic nitrogens is 1. The lowest BCUT2D eigenvalue weighted by Gasteiger charge is -2.07. The highest BCUT2D eigenvalue weighted by Gasteiger charge is 2.14. The Hall–Kier alpha value is -2.69. The van der Waals surface area contributed by atoms with E-state index in [0.29, 0.717) is 6.54 Å². The van der Waals surface area contributed by atoms with E-state index < -0.39 is 5.97 Å². The van der Waals surface area contributed by atoms with Gasteiger partial charge in [-0.3, -0.25) is 9.78 Å². The first kappa shape index (κ1) is 15.7. The molecular formula is C17H18N2O3. The number of aryl methyl sites for hydroxylation is 1. The molecule has 0 saturated carbocycles. The summed E-state index contributed by atoms with van der Waals surface area (Å²) in [5.74, 6) is -1.44. The Morgan fingerprint density at radius 2 is 1.82 bits per heavy atom. The van der Waals surface area contributed by atoms with Crippen molar-refractivity contribution < 1.29 is 14.7 Å². The van der Waals surface area contributed by atoms with Crippen molar-refractivity contribution in [2.24, 2.45) is 0 Å². The molecule has 0 radical (unpaired) electrons. The van der Waals surface area contributed by atoms with Crippen LogP contribution >= 0.6 is 0 Å². The van der Waals surface area contributed by atoms with Gasteiger partial charge >= 0.3 is 5.97 Å². The largest absolute Gasteiger partial charge is 0.478 e. The van der Waals surface area contributed by atoms with Crippen LogP contribution in [0, 0.1) is 0 Å². The standard InChI is InChI=1S/C17H18N2O3/c20-16(14-8-1-2-9-15(14)17(21)22)19-11-4-3-6-13-7-5-10-18-12-13/h1-2,5,7-10,12H,3-4,6,11H2,(H,19,20)(H,21,22). The average molecular weight is 298 g/mol. The Morgan fingerprint density at radius 1 is 1.05 bits per heavy atom. The maximum absolute atomic E-state index is 12.0. The van der Waals surface area contributed by atoms with Crippen molar-refractivity contribution >= 4 is 11.9 Å². The third-order valence-electron chi connectivity index (χ3n) is 3.30. The smallest absolute Gasteiger partial charge is 0.336 e. The number of rotatable bonds is 7. The van der Waals surface area contributed by atoms with Crippen LogP contribution in [0.1, 0.15) is 39.1 Å². The van der Waals surface area contributed by atoms with Crippen molar-refractivity contribution in [3.05, 3.63) is 65.5 Å². The minimum absolute atomic E-state index is 0.0235. The van der Waals surface area contributed by atoms with E-state index in [-0.39, 0.29) is 17.0 Å². The molecule has 0 aliphatic heterocycles. The van der Waals surface area contributed by atoms with Crippen molar-refractivity contribution in [3.8, 4) is 0 Å². The minimum Gasteiger partial charge on any atom is -0.478 e. The van der Waals surface area contributed by atoms with Gasteiger partial charge in [0.15, 0.2) is 0 Å². The Morgan fingerprint density at radius 3 is 2.50 bits per heavy atom. The van der Waals surface area contributed by atoms with E-state index in [9.17, 15) is 9.59 Å². The first-order chi connectivity index (χ1) is 10.7. The highest BCUT2D eigenvalue weighted by atomic mass is 16.4. The fraction of sp³-hybridized carbons (Fsp3) is 0.235. The third-order valence-corrected chi connectivity index (χ3v) is 3.30. The van der Waals surface area contributed by atoms with Crippen LogP contribution in [0.15, 0.2) is 48.8 Å². The monoisotopic (exact) mass is 298 g/mol. The van der Waals surface area contributed by atoms with Gasteiger partial charge in [-0.15, -0.1) is 0 Å². The van der Waals surface area contributed by atoms with Gasteiger partial charge in [0.2, 0.25) is 0 Å². The topological polar surface area (TPSA) is 79.3 Å². The number of unbranched alkanes of at least 4 members (excludes halogenated alkanes) is 1. The van der Waals surface area contributed by atoms with E-state index in [4.69, 9.17) is 5.11 Å². The number of pyridine rings is 1. The molecule has 0 saturated heterocycles. The van der Waals surface area contributed by atoms with Gasteiger partial charge in [-0.05, 0) is 43.0 Å². The fourth-order valence-corrected chi connectivity index (χ4v) is 2.16. The van der Waals surface area contributed by atoms with Crippen LogP contribution in [0.4, 0.5) is 0 Å². The van der Waals surface area contributed by atoms with Gasteiger partial charge in [0.25, 0.3) is 5.91 Å². The van der Waals surface area contributed by atoms with Crippen molar-refractivity contribution in [3.63, 3.8) is 0 Å². The maximum Gasteiger partial charge on any atom is 0.336 e. The van der Waals surface area contributed by atoms with Crippen LogP contribution in [-0.4, -0.2) is 28.5 Å². The number of nitrogens with one attached hydrogen (secondary N) is 1. The Labute approximate surface area is 129 Å². The summed E-state index contributed by atoms with van der Waals surface area (Å²) in [5, 5.41) is 11.8. The summed E-state index contributed by atoms with van der Waals surface area (Å²) in [5.41, 5.74) is 1.39. The molecule has 0 aliphatic rings. The number of carboxylic acids is 1. The molecule has 0 spiro atoms. The molecule has 0 fully saturated rings. The highest BCUT2D eigenvalue weighted by molar-refractivity contribution is 6.04. The Kier molecular flexibility index (Phi) is 5.65. The zero-order chi connectivity index (χ0) is 15.8. The number of carbonyl (C=O) groups is 2. The first-order valence-corrected chi connectivity index (χ1v) is 7.18. The molecular weight excluding hydrogens is 280 g/mol. The van der Waals surface area contributed by atoms with Gasteiger partial charge in [0.05, 0.1) is 11.1 Å². The van der Waals surface area contributed by atoms with Crippen LogP contribution in [-0.2, 0) is 6.42 Å². The number of carbonyl (C=O) groups excluding carboxylic acids is 1. The molecule has 1 amide bonds. The fourth-order valence-electron chi connectivity index (χ4n) is 2.16. The van der Waals surface area contributed by atoms with Crippen molar-refractivity contribution in [2.75, 3.05) is 6.54 Å². The van der Waals surface area contributed by atoms with Gasteiger partial charge in [-0.2, -0.15) is 0 Å². The Balaban J connectivity index is 1.78. The minimum atomic E-state index is -1.10. The molecule has 2 aromatic rings. The summed E-state index contributed by atoms with van der Waals surface area (Å²) in [6, 6.07) is 10.1. The predicted octanol–water partition coefficient (Wildman–Crippen LogP) is 2.53. The normalized spacial score (nSPS) is 10.2. The molecule has 1 aromatic heterocycles. The van der Waals surface area contributed by atoms with E-state index in [2.05, 4.69) is 10.3 Å².